The van der Waals surface area contributed by atoms with Crippen LogP contribution >= 0.6 is 0 Å². The second kappa shape index (κ2) is 10.4. The van der Waals surface area contributed by atoms with Gasteiger partial charge in [-0.15, -0.1) is 16.8 Å². The molecule has 0 bridgehead atoms. The van der Waals surface area contributed by atoms with Crippen molar-refractivity contribution in [3.05, 3.63) is 59.7 Å². The van der Waals surface area contributed by atoms with E-state index in [1.54, 1.807) is 0 Å². The predicted molar refractivity (Wildman–Crippen MR) is 122 cm³/mol. The van der Waals surface area contributed by atoms with Gasteiger partial charge < -0.3 is 14.8 Å². The van der Waals surface area contributed by atoms with Crippen molar-refractivity contribution in [2.24, 2.45) is 12.0 Å². The summed E-state index contributed by atoms with van der Waals surface area (Å²) in [4.78, 5) is 9.64. The molecule has 1 aliphatic heterocycles. The molecule has 1 aromatic heterocycles. The summed E-state index contributed by atoms with van der Waals surface area (Å²) in [5, 5.41) is 11.7. The molecule has 162 valence electrons. The summed E-state index contributed by atoms with van der Waals surface area (Å²) in [7, 11) is 1.98. The van der Waals surface area contributed by atoms with Crippen LogP contribution in [0.25, 0.3) is 0 Å². The highest BCUT2D eigenvalue weighted by Crippen LogP contribution is 2.16. The number of aliphatic imine (C=N–C) groups is 1. The molecular formula is C23H35N7. The third-order valence-corrected chi connectivity index (χ3v) is 5.68. The van der Waals surface area contributed by atoms with Crippen LogP contribution in [-0.4, -0.2) is 63.2 Å². The number of guanidine groups is 1. The van der Waals surface area contributed by atoms with Gasteiger partial charge in [0, 0.05) is 46.3 Å². The number of hydrogen-bond donors (Lipinski definition) is 1. The lowest BCUT2D eigenvalue weighted by atomic mass is 10.0. The summed E-state index contributed by atoms with van der Waals surface area (Å²) >= 11 is 0. The van der Waals surface area contributed by atoms with E-state index >= 15 is 0 Å². The minimum atomic E-state index is 0.513. The summed E-state index contributed by atoms with van der Waals surface area (Å²) in [6, 6.07) is 9.05. The van der Waals surface area contributed by atoms with Crippen LogP contribution in [0.4, 0.5) is 0 Å². The van der Waals surface area contributed by atoms with Gasteiger partial charge in [0.2, 0.25) is 0 Å². The van der Waals surface area contributed by atoms with Crippen molar-refractivity contribution in [3.8, 4) is 0 Å². The van der Waals surface area contributed by atoms with Crippen LogP contribution in [0.5, 0.6) is 0 Å². The molecule has 3 rings (SSSR count). The normalized spacial score (nSPS) is 15.6. The first kappa shape index (κ1) is 22.0. The van der Waals surface area contributed by atoms with Crippen molar-refractivity contribution < 1.29 is 0 Å². The lowest BCUT2D eigenvalue weighted by Crippen LogP contribution is -2.52. The van der Waals surface area contributed by atoms with E-state index in [1.165, 1.54) is 11.1 Å². The van der Waals surface area contributed by atoms with E-state index in [-0.39, 0.29) is 0 Å². The summed E-state index contributed by atoms with van der Waals surface area (Å²) in [6.07, 6.45) is 1.86. The van der Waals surface area contributed by atoms with Crippen LogP contribution in [0.2, 0.25) is 0 Å². The highest BCUT2D eigenvalue weighted by Gasteiger charge is 2.20. The first-order valence-electron chi connectivity index (χ1n) is 10.8. The largest absolute Gasteiger partial charge is 0.353 e. The molecule has 30 heavy (non-hydrogen) atoms. The van der Waals surface area contributed by atoms with E-state index in [0.29, 0.717) is 19.0 Å². The maximum atomic E-state index is 4.81. The van der Waals surface area contributed by atoms with Gasteiger partial charge in [0.05, 0.1) is 0 Å². The van der Waals surface area contributed by atoms with Crippen LogP contribution in [0.15, 0.2) is 41.9 Å². The topological polar surface area (TPSA) is 61.6 Å². The fraction of sp³-hybridized carbons (Fsp3) is 0.522. The summed E-state index contributed by atoms with van der Waals surface area (Å²) in [5.41, 5.74) is 2.78. The van der Waals surface area contributed by atoms with Crippen LogP contribution < -0.4 is 5.32 Å². The molecule has 0 aliphatic carbocycles. The van der Waals surface area contributed by atoms with Gasteiger partial charge in [-0.2, -0.15) is 0 Å². The number of rotatable bonds is 7. The molecule has 2 aromatic rings. The van der Waals surface area contributed by atoms with Crippen molar-refractivity contribution in [2.75, 3.05) is 32.7 Å². The third kappa shape index (κ3) is 5.69. The van der Waals surface area contributed by atoms with Crippen molar-refractivity contribution in [2.45, 2.75) is 39.8 Å². The molecule has 1 saturated heterocycles. The molecule has 1 aromatic carbocycles. The van der Waals surface area contributed by atoms with E-state index in [4.69, 9.17) is 4.99 Å². The molecule has 1 fully saturated rings. The second-order valence-electron chi connectivity index (χ2n) is 8.19. The minimum absolute atomic E-state index is 0.513. The van der Waals surface area contributed by atoms with Gasteiger partial charge in [0.25, 0.3) is 0 Å². The number of aromatic nitrogens is 3. The van der Waals surface area contributed by atoms with Crippen LogP contribution in [0, 0.1) is 6.92 Å². The lowest BCUT2D eigenvalue weighted by molar-refractivity contribution is 0.172. The Hall–Kier alpha value is -2.67. The van der Waals surface area contributed by atoms with Gasteiger partial charge >= 0.3 is 0 Å². The third-order valence-electron chi connectivity index (χ3n) is 5.68. The molecule has 0 atom stereocenters. The quantitative estimate of drug-likeness (QED) is 0.433. The number of nitrogens with zero attached hydrogens (tertiary/aromatic N) is 6. The molecule has 0 unspecified atom stereocenters. The number of hydrogen-bond acceptors (Lipinski definition) is 4. The second-order valence-corrected chi connectivity index (χ2v) is 8.19. The highest BCUT2D eigenvalue weighted by atomic mass is 15.4. The molecule has 7 heteroatoms. The molecule has 1 N–H and O–H groups in total. The molecule has 1 aliphatic rings. The van der Waals surface area contributed by atoms with Crippen molar-refractivity contribution in [1.29, 1.82) is 0 Å². The Morgan fingerprint density at radius 1 is 1.17 bits per heavy atom. The predicted octanol–water partition coefficient (Wildman–Crippen LogP) is 2.70. The summed E-state index contributed by atoms with van der Waals surface area (Å²) < 4.78 is 1.98. The first-order valence-corrected chi connectivity index (χ1v) is 10.8. The molecule has 7 nitrogen and oxygen atoms in total. The number of piperazine rings is 1. The SMILES string of the molecule is C=CCNC(=NCc1nnc(C)n1C)N1CCN(Cc2ccc(C(C)C)cc2)CC1. The number of nitrogens with one attached hydrogen (secondary N) is 1. The van der Waals surface area contributed by atoms with Gasteiger partial charge in [0.1, 0.15) is 12.4 Å². The Labute approximate surface area is 180 Å². The van der Waals surface area contributed by atoms with Gasteiger partial charge in [0.15, 0.2) is 11.8 Å². The van der Waals surface area contributed by atoms with E-state index in [1.807, 2.05) is 24.6 Å². The summed E-state index contributed by atoms with van der Waals surface area (Å²) in [5.74, 6) is 3.26. The Morgan fingerprint density at radius 3 is 2.43 bits per heavy atom. The number of benzene rings is 1. The first-order chi connectivity index (χ1) is 14.5. The molecule has 0 amide bonds. The van der Waals surface area contributed by atoms with Crippen molar-refractivity contribution in [3.63, 3.8) is 0 Å². The maximum absolute atomic E-state index is 4.81. The van der Waals surface area contributed by atoms with E-state index in [2.05, 4.69) is 70.0 Å². The highest BCUT2D eigenvalue weighted by molar-refractivity contribution is 5.80. The molecular weight excluding hydrogens is 374 g/mol. The Morgan fingerprint density at radius 2 is 1.87 bits per heavy atom. The maximum Gasteiger partial charge on any atom is 0.194 e. The summed E-state index contributed by atoms with van der Waals surface area (Å²) in [6.45, 7) is 16.4. The fourth-order valence-corrected chi connectivity index (χ4v) is 3.55. The van der Waals surface area contributed by atoms with Gasteiger partial charge in [-0.05, 0) is 24.0 Å². The molecule has 2 heterocycles. The standard InChI is InChI=1S/C23H35N7/c1-6-11-24-23(25-16-22-27-26-19(4)28(22)5)30-14-12-29(13-15-30)17-20-7-9-21(10-8-20)18(2)3/h6-10,18H,1,11-17H2,2-5H3,(H,24,25). The fourth-order valence-electron chi connectivity index (χ4n) is 3.55. The molecule has 0 saturated carbocycles. The Kier molecular flexibility index (Phi) is 7.63. The van der Waals surface area contributed by atoms with E-state index in [0.717, 1.165) is 50.3 Å². The zero-order valence-corrected chi connectivity index (χ0v) is 18.8. The van der Waals surface area contributed by atoms with Crippen LogP contribution in [0.3, 0.4) is 0 Å². The van der Waals surface area contributed by atoms with E-state index < -0.39 is 0 Å². The average molecular weight is 410 g/mol. The van der Waals surface area contributed by atoms with Crippen LogP contribution in [-0.2, 0) is 20.1 Å². The van der Waals surface area contributed by atoms with Crippen molar-refractivity contribution >= 4 is 5.96 Å². The smallest absolute Gasteiger partial charge is 0.194 e. The van der Waals surface area contributed by atoms with Crippen molar-refractivity contribution in [1.82, 2.24) is 29.9 Å². The minimum Gasteiger partial charge on any atom is -0.353 e. The molecule has 0 radical (unpaired) electrons. The Bertz CT molecular complexity index is 843. The Balaban J connectivity index is 1.57. The van der Waals surface area contributed by atoms with Crippen LogP contribution in [0.1, 0.15) is 42.5 Å². The van der Waals surface area contributed by atoms with Gasteiger partial charge in [-0.1, -0.05) is 44.2 Å². The lowest BCUT2D eigenvalue weighted by Gasteiger charge is -2.36. The van der Waals surface area contributed by atoms with E-state index in [9.17, 15) is 0 Å². The number of aryl methyl sites for hydroxylation is 1. The zero-order chi connectivity index (χ0) is 21.5. The average Bonchev–Trinajstić information content (AvgIpc) is 3.07. The monoisotopic (exact) mass is 409 g/mol. The zero-order valence-electron chi connectivity index (χ0n) is 18.8. The van der Waals surface area contributed by atoms with Gasteiger partial charge in [-0.3, -0.25) is 4.90 Å². The molecule has 0 spiro atoms. The van der Waals surface area contributed by atoms with Gasteiger partial charge in [-0.25, -0.2) is 4.99 Å².